The third kappa shape index (κ3) is 7.55. The van der Waals surface area contributed by atoms with E-state index in [-0.39, 0.29) is 5.91 Å². The molecule has 0 radical (unpaired) electrons. The van der Waals surface area contributed by atoms with Crippen LogP contribution in [0.2, 0.25) is 0 Å². The third-order valence-corrected chi connectivity index (χ3v) is 6.98. The van der Waals surface area contributed by atoms with Gasteiger partial charge in [0, 0.05) is 50.3 Å². The molecule has 2 fully saturated rings. The molecule has 13 heteroatoms. The van der Waals surface area contributed by atoms with Crippen LogP contribution in [-0.2, 0) is 14.4 Å². The van der Waals surface area contributed by atoms with Gasteiger partial charge in [0.15, 0.2) is 5.82 Å². The highest BCUT2D eigenvalue weighted by atomic mass is 19.1. The fourth-order valence-corrected chi connectivity index (χ4v) is 4.99. The van der Waals surface area contributed by atoms with Crippen LogP contribution in [0, 0.1) is 11.6 Å². The van der Waals surface area contributed by atoms with Crippen LogP contribution in [0.25, 0.3) is 0 Å². The van der Waals surface area contributed by atoms with Crippen LogP contribution in [0.15, 0.2) is 54.9 Å². The summed E-state index contributed by atoms with van der Waals surface area (Å²) in [5, 5.41) is 7.80. The van der Waals surface area contributed by atoms with Gasteiger partial charge in [-0.3, -0.25) is 9.63 Å². The van der Waals surface area contributed by atoms with Crippen molar-refractivity contribution in [3.05, 3.63) is 72.1 Å². The molecule has 0 spiro atoms. The van der Waals surface area contributed by atoms with Gasteiger partial charge < -0.3 is 29.9 Å². The minimum Gasteiger partial charge on any atom is -0.494 e. The number of hydrogen-bond donors (Lipinski definition) is 2. The number of hydroxylamine groups is 1. The molecule has 3 heterocycles. The summed E-state index contributed by atoms with van der Waals surface area (Å²) >= 11 is 0. The number of methoxy groups -OCH3 is 1. The first-order chi connectivity index (χ1) is 20.8. The maximum Gasteiger partial charge on any atom is 0.248 e. The monoisotopic (exact) mass is 595 g/mol. The first kappa shape index (κ1) is 30.1. The van der Waals surface area contributed by atoms with E-state index in [9.17, 15) is 13.6 Å². The van der Waals surface area contributed by atoms with Crippen molar-refractivity contribution in [3.8, 4) is 5.75 Å². The third-order valence-electron chi connectivity index (χ3n) is 6.98. The van der Waals surface area contributed by atoms with Crippen LogP contribution in [0.5, 0.6) is 5.75 Å². The maximum atomic E-state index is 14.0. The Bertz CT molecular complexity index is 1450. The number of benzene rings is 2. The number of carbonyl (C=O) groups is 1. The van der Waals surface area contributed by atoms with Crippen molar-refractivity contribution in [1.82, 2.24) is 14.9 Å². The van der Waals surface area contributed by atoms with Gasteiger partial charge in [-0.15, -0.1) is 0 Å². The van der Waals surface area contributed by atoms with Gasteiger partial charge in [0.05, 0.1) is 50.0 Å². The molecule has 3 aromatic rings. The van der Waals surface area contributed by atoms with E-state index in [1.807, 2.05) is 25.1 Å². The maximum absolute atomic E-state index is 14.0. The second kappa shape index (κ2) is 13.8. The van der Waals surface area contributed by atoms with Crippen molar-refractivity contribution >= 4 is 34.6 Å². The summed E-state index contributed by atoms with van der Waals surface area (Å²) in [4.78, 5) is 31.4. The average Bonchev–Trinajstić information content (AvgIpc) is 3.48. The number of hydrogen-bond acceptors (Lipinski definition) is 10. The number of nitrogens with zero attached hydrogens (tertiary/aromatic N) is 5. The summed E-state index contributed by atoms with van der Waals surface area (Å²) in [7, 11) is 5.42. The second-order valence-corrected chi connectivity index (χ2v) is 10.4. The van der Waals surface area contributed by atoms with Crippen LogP contribution in [0.1, 0.15) is 18.0 Å². The van der Waals surface area contributed by atoms with Crippen LogP contribution >= 0.6 is 0 Å². The van der Waals surface area contributed by atoms with E-state index in [2.05, 4.69) is 25.5 Å². The fraction of sp³-hybridized carbons (Fsp3) is 0.367. The van der Waals surface area contributed by atoms with E-state index in [4.69, 9.17) is 14.3 Å². The second-order valence-electron chi connectivity index (χ2n) is 10.4. The lowest BCUT2D eigenvalue weighted by Gasteiger charge is -2.31. The lowest BCUT2D eigenvalue weighted by atomic mass is 10.0. The molecular formula is C30H35F2N7O4. The van der Waals surface area contributed by atoms with E-state index < -0.39 is 17.7 Å². The fourth-order valence-electron chi connectivity index (χ4n) is 4.99. The molecule has 2 aromatic carbocycles. The first-order valence-corrected chi connectivity index (χ1v) is 13.9. The Hall–Kier alpha value is -4.33. The van der Waals surface area contributed by atoms with Crippen molar-refractivity contribution in [2.75, 3.05) is 81.3 Å². The molecule has 5 rings (SSSR count). The zero-order valence-corrected chi connectivity index (χ0v) is 24.3. The molecule has 2 aliphatic rings. The number of likely N-dealkylation sites (N-methyl/N-ethyl adjacent to an activating group) is 1. The summed E-state index contributed by atoms with van der Waals surface area (Å²) in [5.41, 5.74) is 2.40. The van der Waals surface area contributed by atoms with Crippen molar-refractivity contribution in [1.29, 1.82) is 0 Å². The van der Waals surface area contributed by atoms with Gasteiger partial charge in [0.25, 0.3) is 0 Å². The lowest BCUT2D eigenvalue weighted by Crippen LogP contribution is -2.36. The first-order valence-electron chi connectivity index (χ1n) is 13.9. The van der Waals surface area contributed by atoms with Crippen molar-refractivity contribution < 1.29 is 27.9 Å². The molecule has 2 saturated heterocycles. The number of anilines is 5. The molecule has 11 nitrogen and oxygen atoms in total. The topological polar surface area (TPSA) is 104 Å². The molecule has 228 valence electrons. The van der Waals surface area contributed by atoms with Crippen LogP contribution in [-0.4, -0.2) is 81.4 Å². The Morgan fingerprint density at radius 2 is 1.84 bits per heavy atom. The lowest BCUT2D eigenvalue weighted by molar-refractivity contribution is -0.111. The zero-order valence-electron chi connectivity index (χ0n) is 24.3. The minimum absolute atomic E-state index is 0.261. The predicted molar refractivity (Wildman–Crippen MR) is 160 cm³/mol. The van der Waals surface area contributed by atoms with Gasteiger partial charge in [0.2, 0.25) is 5.91 Å². The predicted octanol–water partition coefficient (Wildman–Crippen LogP) is 4.28. The molecule has 0 bridgehead atoms. The van der Waals surface area contributed by atoms with E-state index in [0.29, 0.717) is 80.2 Å². The van der Waals surface area contributed by atoms with E-state index in [1.165, 1.54) is 29.6 Å². The number of aromatic nitrogens is 2. The highest BCUT2D eigenvalue weighted by molar-refractivity contribution is 6.02. The standard InChI is InChI=1S/C30H35F2N7O4/c1-37(2)7-4-5-30(40)36-23-16-24(27(41-3)17-26(23)38-8-11-42-12-9-38)35-28-18-29(34-19-33-28)39-25(6-10-43-39)20-13-21(31)15-22(32)14-20/h4-5,13-19,25H,6-12H2,1-3H3,(H,36,40)(H,33,34,35)/b5-4+/t25-/m1/s1. The SMILES string of the molecule is COc1cc(N2CCOCC2)c(NC(=O)/C=C/CN(C)C)cc1Nc1cc(N2OCC[C@@H]2c2cc(F)cc(F)c2)ncn1. The molecular weight excluding hydrogens is 560 g/mol. The number of ether oxygens (including phenoxy) is 2. The molecule has 43 heavy (non-hydrogen) atoms. The Kier molecular flexibility index (Phi) is 9.65. The smallest absolute Gasteiger partial charge is 0.248 e. The summed E-state index contributed by atoms with van der Waals surface area (Å²) in [5.74, 6) is -0.208. The van der Waals surface area contributed by atoms with Gasteiger partial charge in [-0.1, -0.05) is 6.08 Å². The molecule has 0 unspecified atom stereocenters. The van der Waals surface area contributed by atoms with Gasteiger partial charge >= 0.3 is 0 Å². The van der Waals surface area contributed by atoms with E-state index in [1.54, 1.807) is 25.3 Å². The number of rotatable bonds is 10. The highest BCUT2D eigenvalue weighted by Crippen LogP contribution is 2.40. The molecule has 2 N–H and O–H groups in total. The zero-order chi connectivity index (χ0) is 30.3. The number of halogens is 2. The van der Waals surface area contributed by atoms with Gasteiger partial charge in [-0.05, 0) is 37.9 Å². The van der Waals surface area contributed by atoms with E-state index >= 15 is 0 Å². The van der Waals surface area contributed by atoms with Crippen molar-refractivity contribution in [3.63, 3.8) is 0 Å². The molecule has 0 saturated carbocycles. The summed E-state index contributed by atoms with van der Waals surface area (Å²) in [6.45, 7) is 3.46. The van der Waals surface area contributed by atoms with Crippen molar-refractivity contribution in [2.45, 2.75) is 12.5 Å². The van der Waals surface area contributed by atoms with Crippen molar-refractivity contribution in [2.24, 2.45) is 0 Å². The Labute approximate surface area is 249 Å². The molecule has 1 amide bonds. The summed E-state index contributed by atoms with van der Waals surface area (Å²) < 4.78 is 39.2. The normalized spacial score (nSPS) is 17.1. The molecule has 1 aromatic heterocycles. The average molecular weight is 596 g/mol. The largest absolute Gasteiger partial charge is 0.494 e. The van der Waals surface area contributed by atoms with Crippen LogP contribution < -0.4 is 25.3 Å². The Morgan fingerprint density at radius 3 is 2.56 bits per heavy atom. The van der Waals surface area contributed by atoms with Crippen LogP contribution in [0.3, 0.4) is 0 Å². The quantitative estimate of drug-likeness (QED) is 0.330. The number of amides is 1. The van der Waals surface area contributed by atoms with Gasteiger partial charge in [-0.2, -0.15) is 0 Å². The highest BCUT2D eigenvalue weighted by Gasteiger charge is 2.30. The van der Waals surface area contributed by atoms with Crippen LogP contribution in [0.4, 0.5) is 37.5 Å². The molecule has 2 aliphatic heterocycles. The van der Waals surface area contributed by atoms with Gasteiger partial charge in [-0.25, -0.2) is 23.8 Å². The molecule has 1 atom stereocenters. The van der Waals surface area contributed by atoms with Gasteiger partial charge in [0.1, 0.15) is 29.5 Å². The molecule has 0 aliphatic carbocycles. The number of nitrogens with one attached hydrogen (secondary N) is 2. The summed E-state index contributed by atoms with van der Waals surface area (Å²) in [6.07, 6.45) is 5.20. The Morgan fingerprint density at radius 1 is 1.07 bits per heavy atom. The number of morpholine rings is 1. The number of carbonyl (C=O) groups excluding carboxylic acids is 1. The van der Waals surface area contributed by atoms with E-state index in [0.717, 1.165) is 11.8 Å². The Balaban J connectivity index is 1.43. The minimum atomic E-state index is -0.657. The summed E-state index contributed by atoms with van der Waals surface area (Å²) in [6, 6.07) is 8.33.